The minimum atomic E-state index is -0.498. The lowest BCUT2D eigenvalue weighted by molar-refractivity contribution is -0.123. The molecule has 0 spiro atoms. The van der Waals surface area contributed by atoms with Crippen LogP contribution >= 0.6 is 0 Å². The zero-order chi connectivity index (χ0) is 6.41. The van der Waals surface area contributed by atoms with Gasteiger partial charge in [0.2, 0.25) is 5.91 Å². The molecule has 44 valence electrons. The van der Waals surface area contributed by atoms with E-state index in [2.05, 4.69) is 11.2 Å². The van der Waals surface area contributed by atoms with Gasteiger partial charge in [-0.05, 0) is 0 Å². The van der Waals surface area contributed by atoms with Crippen LogP contribution in [0.25, 0.3) is 0 Å². The van der Waals surface area contributed by atoms with E-state index in [1.165, 1.54) is 0 Å². The summed E-state index contributed by atoms with van der Waals surface area (Å²) in [5, 5.41) is 10.3. The van der Waals surface area contributed by atoms with E-state index in [-0.39, 0.29) is 6.54 Å². The van der Waals surface area contributed by atoms with Crippen LogP contribution in [-0.2, 0) is 4.79 Å². The summed E-state index contributed by atoms with van der Waals surface area (Å²) in [7, 11) is 0. The van der Waals surface area contributed by atoms with Crippen LogP contribution in [0.15, 0.2) is 0 Å². The summed E-state index contributed by atoms with van der Waals surface area (Å²) in [6.45, 7) is -0.318. The van der Waals surface area contributed by atoms with Crippen molar-refractivity contribution >= 4 is 5.91 Å². The highest BCUT2D eigenvalue weighted by Crippen LogP contribution is 1.58. The minimum Gasteiger partial charge on any atom is -0.387 e. The summed E-state index contributed by atoms with van der Waals surface area (Å²) in [4.78, 5) is 10.1. The Kier molecular flexibility index (Phi) is 3.63. The molecule has 2 N–H and O–H groups in total. The minimum absolute atomic E-state index is 0.180. The van der Waals surface area contributed by atoms with E-state index in [9.17, 15) is 4.79 Å². The Morgan fingerprint density at radius 2 is 2.50 bits per heavy atom. The zero-order valence-electron chi connectivity index (χ0n) is 4.35. The number of aliphatic hydroxyl groups is 1. The van der Waals surface area contributed by atoms with Gasteiger partial charge in [-0.15, -0.1) is 6.42 Å². The summed E-state index contributed by atoms with van der Waals surface area (Å²) in [5.74, 6) is 1.75. The number of terminal acetylenes is 1. The van der Waals surface area contributed by atoms with Crippen LogP contribution in [0.4, 0.5) is 0 Å². The van der Waals surface area contributed by atoms with Crippen molar-refractivity contribution in [2.24, 2.45) is 0 Å². The second-order valence-electron chi connectivity index (χ2n) is 1.14. The van der Waals surface area contributed by atoms with Crippen LogP contribution in [-0.4, -0.2) is 24.2 Å². The highest BCUT2D eigenvalue weighted by Gasteiger charge is 1.91. The second-order valence-corrected chi connectivity index (χ2v) is 1.14. The van der Waals surface area contributed by atoms with Crippen molar-refractivity contribution in [1.29, 1.82) is 0 Å². The molecule has 1 amide bonds. The molecule has 0 saturated carbocycles. The molecule has 0 rings (SSSR count). The van der Waals surface area contributed by atoms with E-state index >= 15 is 0 Å². The maximum Gasteiger partial charge on any atom is 0.246 e. The topological polar surface area (TPSA) is 49.3 Å². The molecular weight excluding hydrogens is 106 g/mol. The van der Waals surface area contributed by atoms with Gasteiger partial charge in [-0.25, -0.2) is 0 Å². The third kappa shape index (κ3) is 3.19. The molecule has 3 heteroatoms. The third-order valence-corrected chi connectivity index (χ3v) is 0.531. The number of aliphatic hydroxyl groups excluding tert-OH is 1. The highest BCUT2D eigenvalue weighted by molar-refractivity contribution is 5.77. The summed E-state index contributed by atoms with van der Waals surface area (Å²) in [6, 6.07) is 0. The van der Waals surface area contributed by atoms with E-state index in [1.54, 1.807) is 0 Å². The normalized spacial score (nSPS) is 7.50. The molecule has 0 fully saturated rings. The number of hydrogen-bond donors (Lipinski definition) is 2. The molecular formula is C5H7NO2. The van der Waals surface area contributed by atoms with Crippen molar-refractivity contribution in [3.63, 3.8) is 0 Å². The van der Waals surface area contributed by atoms with Gasteiger partial charge in [-0.2, -0.15) is 0 Å². The van der Waals surface area contributed by atoms with E-state index in [0.717, 1.165) is 0 Å². The van der Waals surface area contributed by atoms with Gasteiger partial charge < -0.3 is 10.4 Å². The third-order valence-electron chi connectivity index (χ3n) is 0.531. The summed E-state index contributed by atoms with van der Waals surface area (Å²) in [6.07, 6.45) is 4.79. The Morgan fingerprint density at radius 3 is 2.88 bits per heavy atom. The first-order valence-corrected chi connectivity index (χ1v) is 2.12. The fourth-order valence-electron chi connectivity index (χ4n) is 0.206. The maximum atomic E-state index is 10.1. The molecule has 0 unspecified atom stereocenters. The largest absolute Gasteiger partial charge is 0.387 e. The van der Waals surface area contributed by atoms with Gasteiger partial charge in [0.1, 0.15) is 6.61 Å². The number of hydrogen-bond acceptors (Lipinski definition) is 2. The summed E-state index contributed by atoms with van der Waals surface area (Å²) in [5.41, 5.74) is 0. The molecule has 0 aromatic carbocycles. The Balaban J connectivity index is 3.15. The van der Waals surface area contributed by atoms with Gasteiger partial charge in [-0.3, -0.25) is 4.79 Å². The molecule has 0 aliphatic rings. The predicted molar refractivity (Wildman–Crippen MR) is 28.9 cm³/mol. The van der Waals surface area contributed by atoms with Gasteiger partial charge in [0.05, 0.1) is 6.54 Å². The lowest BCUT2D eigenvalue weighted by Gasteiger charge is -1.92. The molecule has 0 radical (unpaired) electrons. The number of rotatable bonds is 2. The van der Waals surface area contributed by atoms with Crippen molar-refractivity contribution in [3.05, 3.63) is 0 Å². The number of amides is 1. The van der Waals surface area contributed by atoms with Crippen LogP contribution in [0.5, 0.6) is 0 Å². The highest BCUT2D eigenvalue weighted by atomic mass is 16.3. The molecule has 3 nitrogen and oxygen atoms in total. The van der Waals surface area contributed by atoms with Crippen molar-refractivity contribution in [1.82, 2.24) is 5.32 Å². The van der Waals surface area contributed by atoms with Crippen LogP contribution in [0.1, 0.15) is 0 Å². The van der Waals surface area contributed by atoms with Crippen molar-refractivity contribution in [3.8, 4) is 12.3 Å². The van der Waals surface area contributed by atoms with Gasteiger partial charge in [0.25, 0.3) is 0 Å². The van der Waals surface area contributed by atoms with Gasteiger partial charge in [0.15, 0.2) is 0 Å². The Bertz CT molecular complexity index is 114. The molecule has 8 heavy (non-hydrogen) atoms. The average Bonchev–Trinajstić information content (AvgIpc) is 1.83. The van der Waals surface area contributed by atoms with E-state index in [4.69, 9.17) is 11.5 Å². The lowest BCUT2D eigenvalue weighted by Crippen LogP contribution is -2.26. The van der Waals surface area contributed by atoms with Crippen LogP contribution in [0.2, 0.25) is 0 Å². The maximum absolute atomic E-state index is 10.1. The van der Waals surface area contributed by atoms with Crippen molar-refractivity contribution in [2.45, 2.75) is 0 Å². The number of carbonyl (C=O) groups is 1. The molecule has 0 aliphatic heterocycles. The monoisotopic (exact) mass is 113 g/mol. The molecule has 0 bridgehead atoms. The summed E-state index contributed by atoms with van der Waals surface area (Å²) >= 11 is 0. The zero-order valence-corrected chi connectivity index (χ0v) is 4.35. The molecule has 0 aromatic heterocycles. The van der Waals surface area contributed by atoms with Crippen LogP contribution < -0.4 is 5.32 Å². The van der Waals surface area contributed by atoms with Crippen molar-refractivity contribution < 1.29 is 9.90 Å². The van der Waals surface area contributed by atoms with Crippen LogP contribution in [0.3, 0.4) is 0 Å². The van der Waals surface area contributed by atoms with Gasteiger partial charge in [0, 0.05) is 0 Å². The first-order valence-electron chi connectivity index (χ1n) is 2.12. The predicted octanol–water partition coefficient (Wildman–Crippen LogP) is -1.27. The van der Waals surface area contributed by atoms with E-state index in [1.807, 2.05) is 0 Å². The van der Waals surface area contributed by atoms with Gasteiger partial charge >= 0.3 is 0 Å². The molecule has 0 aliphatic carbocycles. The molecule has 0 heterocycles. The van der Waals surface area contributed by atoms with Gasteiger partial charge in [-0.1, -0.05) is 5.92 Å². The number of carbonyl (C=O) groups excluding carboxylic acids is 1. The standard InChI is InChI=1S/C5H7NO2/c1-2-3-6-5(8)4-7/h1,7H,3-4H2,(H,6,8). The first-order chi connectivity index (χ1) is 3.81. The quantitative estimate of drug-likeness (QED) is 0.438. The first kappa shape index (κ1) is 6.99. The lowest BCUT2D eigenvalue weighted by atomic mass is 10.6. The van der Waals surface area contributed by atoms with E-state index in [0.29, 0.717) is 0 Å². The molecule has 0 saturated heterocycles. The fraction of sp³-hybridized carbons (Fsp3) is 0.400. The second kappa shape index (κ2) is 4.16. The van der Waals surface area contributed by atoms with Crippen molar-refractivity contribution in [2.75, 3.05) is 13.2 Å². The smallest absolute Gasteiger partial charge is 0.246 e. The average molecular weight is 113 g/mol. The Labute approximate surface area is 47.7 Å². The van der Waals surface area contributed by atoms with Crippen LogP contribution in [0, 0.1) is 12.3 Å². The SMILES string of the molecule is C#CCNC(=O)CO. The Hall–Kier alpha value is -1.01. The molecule has 0 aromatic rings. The fourth-order valence-corrected chi connectivity index (χ4v) is 0.206. The Morgan fingerprint density at radius 1 is 1.88 bits per heavy atom. The summed E-state index contributed by atoms with van der Waals surface area (Å²) < 4.78 is 0. The molecule has 0 atom stereocenters. The van der Waals surface area contributed by atoms with E-state index < -0.39 is 12.5 Å². The number of nitrogens with one attached hydrogen (secondary N) is 1.